The Bertz CT molecular complexity index is 562. The van der Waals surface area contributed by atoms with Gasteiger partial charge in [-0.25, -0.2) is 4.90 Å². The van der Waals surface area contributed by atoms with Crippen LogP contribution in [0.1, 0.15) is 12.0 Å². The number of halogens is 3. The first kappa shape index (κ1) is 15.8. The quantitative estimate of drug-likeness (QED) is 0.863. The minimum absolute atomic E-state index is 0.0697. The molecule has 1 saturated heterocycles. The average molecular weight is 319 g/mol. The van der Waals surface area contributed by atoms with Crippen molar-refractivity contribution in [2.24, 2.45) is 0 Å². The zero-order valence-electron chi connectivity index (χ0n) is 10.8. The molecule has 0 unspecified atom stereocenters. The van der Waals surface area contributed by atoms with Gasteiger partial charge < -0.3 is 5.11 Å². The highest BCUT2D eigenvalue weighted by molar-refractivity contribution is 8.00. The monoisotopic (exact) mass is 319 g/mol. The summed E-state index contributed by atoms with van der Waals surface area (Å²) in [6, 6.07) is 4.12. The fraction of sp³-hybridized carbons (Fsp3) is 0.385. The Hall–Kier alpha value is -1.54. The van der Waals surface area contributed by atoms with Crippen molar-refractivity contribution in [3.05, 3.63) is 29.8 Å². The summed E-state index contributed by atoms with van der Waals surface area (Å²) in [6.07, 6.45) is -4.60. The molecule has 1 aliphatic rings. The second-order valence-corrected chi connectivity index (χ2v) is 5.71. The summed E-state index contributed by atoms with van der Waals surface area (Å²) in [6.45, 7) is -0.133. The maximum atomic E-state index is 12.7. The fourth-order valence-corrected chi connectivity index (χ4v) is 2.92. The van der Waals surface area contributed by atoms with E-state index in [-0.39, 0.29) is 18.7 Å². The van der Waals surface area contributed by atoms with E-state index in [0.717, 1.165) is 34.9 Å². The smallest absolute Gasteiger partial charge is 0.396 e. The highest BCUT2D eigenvalue weighted by Crippen LogP contribution is 2.34. The summed E-state index contributed by atoms with van der Waals surface area (Å²) in [7, 11) is 0. The number of rotatable bonds is 4. The molecule has 1 aromatic carbocycles. The Morgan fingerprint density at radius 1 is 1.33 bits per heavy atom. The SMILES string of the molecule is O=C1C[C@@H](SCCO)C(=O)N1c1cccc(C(F)(F)F)c1. The predicted octanol–water partition coefficient (Wildman–Crippen LogP) is 2.06. The Balaban J connectivity index is 2.26. The van der Waals surface area contributed by atoms with E-state index in [4.69, 9.17) is 5.11 Å². The topological polar surface area (TPSA) is 57.6 Å². The lowest BCUT2D eigenvalue weighted by Gasteiger charge is -2.16. The zero-order valence-corrected chi connectivity index (χ0v) is 11.6. The predicted molar refractivity (Wildman–Crippen MR) is 71.9 cm³/mol. The third kappa shape index (κ3) is 3.38. The van der Waals surface area contributed by atoms with Crippen LogP contribution in [-0.2, 0) is 15.8 Å². The summed E-state index contributed by atoms with van der Waals surface area (Å²) in [4.78, 5) is 24.8. The van der Waals surface area contributed by atoms with E-state index in [2.05, 4.69) is 0 Å². The lowest BCUT2D eigenvalue weighted by Crippen LogP contribution is -2.31. The van der Waals surface area contributed by atoms with Gasteiger partial charge in [0.2, 0.25) is 11.8 Å². The number of nitrogens with zero attached hydrogens (tertiary/aromatic N) is 1. The van der Waals surface area contributed by atoms with Gasteiger partial charge in [-0.05, 0) is 18.2 Å². The Labute approximate surface area is 122 Å². The number of carbonyl (C=O) groups is 2. The van der Waals surface area contributed by atoms with Crippen LogP contribution in [0.3, 0.4) is 0 Å². The molecule has 114 valence electrons. The number of thioether (sulfide) groups is 1. The lowest BCUT2D eigenvalue weighted by atomic mass is 10.2. The van der Waals surface area contributed by atoms with Gasteiger partial charge in [0.05, 0.1) is 23.1 Å². The van der Waals surface area contributed by atoms with Gasteiger partial charge in [-0.1, -0.05) is 6.07 Å². The molecule has 1 fully saturated rings. The van der Waals surface area contributed by atoms with Crippen molar-refractivity contribution in [3.63, 3.8) is 0 Å². The highest BCUT2D eigenvalue weighted by Gasteiger charge is 2.40. The summed E-state index contributed by atoms with van der Waals surface area (Å²) in [5.74, 6) is -0.785. The summed E-state index contributed by atoms with van der Waals surface area (Å²) < 4.78 is 38.0. The largest absolute Gasteiger partial charge is 0.416 e. The highest BCUT2D eigenvalue weighted by atomic mass is 32.2. The van der Waals surface area contributed by atoms with Gasteiger partial charge in [0.15, 0.2) is 0 Å². The van der Waals surface area contributed by atoms with Crippen LogP contribution in [-0.4, -0.2) is 34.5 Å². The van der Waals surface area contributed by atoms with Crippen molar-refractivity contribution in [2.75, 3.05) is 17.3 Å². The van der Waals surface area contributed by atoms with Crippen LogP contribution in [0.2, 0.25) is 0 Å². The number of amides is 2. The Morgan fingerprint density at radius 2 is 2.05 bits per heavy atom. The van der Waals surface area contributed by atoms with E-state index in [1.807, 2.05) is 0 Å². The molecule has 0 spiro atoms. The standard InChI is InChI=1S/C13H12F3NO3S/c14-13(15,16)8-2-1-3-9(6-8)17-11(19)7-10(12(17)20)21-5-4-18/h1-3,6,10,18H,4-5,7H2/t10-/m1/s1. The summed E-state index contributed by atoms with van der Waals surface area (Å²) in [5.41, 5.74) is -0.987. The van der Waals surface area contributed by atoms with Crippen molar-refractivity contribution < 1.29 is 27.9 Å². The van der Waals surface area contributed by atoms with Gasteiger partial charge in [-0.3, -0.25) is 9.59 Å². The third-order valence-electron chi connectivity index (χ3n) is 2.95. The van der Waals surface area contributed by atoms with Crippen molar-refractivity contribution >= 4 is 29.3 Å². The molecule has 0 aliphatic carbocycles. The van der Waals surface area contributed by atoms with Gasteiger partial charge in [-0.15, -0.1) is 11.8 Å². The second kappa shape index (κ2) is 6.07. The van der Waals surface area contributed by atoms with Crippen LogP contribution < -0.4 is 4.90 Å². The Kier molecular flexibility index (Phi) is 4.58. The van der Waals surface area contributed by atoms with E-state index in [9.17, 15) is 22.8 Å². The third-order valence-corrected chi connectivity index (χ3v) is 4.14. The molecule has 1 heterocycles. The van der Waals surface area contributed by atoms with Gasteiger partial charge >= 0.3 is 6.18 Å². The van der Waals surface area contributed by atoms with Crippen LogP contribution in [0.15, 0.2) is 24.3 Å². The first-order chi connectivity index (χ1) is 9.84. The second-order valence-electron chi connectivity index (χ2n) is 4.40. The van der Waals surface area contributed by atoms with Crippen LogP contribution in [0.4, 0.5) is 18.9 Å². The molecule has 8 heteroatoms. The van der Waals surface area contributed by atoms with Crippen LogP contribution >= 0.6 is 11.8 Å². The summed E-state index contributed by atoms with van der Waals surface area (Å²) >= 11 is 1.12. The first-order valence-corrected chi connectivity index (χ1v) is 7.16. The number of alkyl halides is 3. The number of anilines is 1. The zero-order chi connectivity index (χ0) is 15.6. The number of aliphatic hydroxyl groups is 1. The van der Waals surface area contributed by atoms with Crippen LogP contribution in [0.5, 0.6) is 0 Å². The number of carbonyl (C=O) groups excluding carboxylic acids is 2. The van der Waals surface area contributed by atoms with Crippen LogP contribution in [0, 0.1) is 0 Å². The van der Waals surface area contributed by atoms with Crippen molar-refractivity contribution in [3.8, 4) is 0 Å². The van der Waals surface area contributed by atoms with Crippen molar-refractivity contribution in [1.82, 2.24) is 0 Å². The molecule has 21 heavy (non-hydrogen) atoms. The van der Waals surface area contributed by atoms with Crippen molar-refractivity contribution in [1.29, 1.82) is 0 Å². The minimum Gasteiger partial charge on any atom is -0.396 e. The first-order valence-electron chi connectivity index (χ1n) is 6.11. The molecule has 1 aliphatic heterocycles. The number of benzene rings is 1. The van der Waals surface area contributed by atoms with Gasteiger partial charge in [-0.2, -0.15) is 13.2 Å². The van der Waals surface area contributed by atoms with E-state index in [1.165, 1.54) is 6.07 Å². The molecule has 1 aromatic rings. The van der Waals surface area contributed by atoms with Crippen molar-refractivity contribution in [2.45, 2.75) is 17.8 Å². The molecule has 1 N–H and O–H groups in total. The molecule has 2 rings (SSSR count). The normalized spacial score (nSPS) is 19.4. The number of aliphatic hydroxyl groups excluding tert-OH is 1. The van der Waals surface area contributed by atoms with E-state index in [1.54, 1.807) is 0 Å². The van der Waals surface area contributed by atoms with E-state index in [0.29, 0.717) is 5.75 Å². The van der Waals surface area contributed by atoms with Gasteiger partial charge in [0.25, 0.3) is 0 Å². The Morgan fingerprint density at radius 3 is 2.67 bits per heavy atom. The lowest BCUT2D eigenvalue weighted by molar-refractivity contribution is -0.137. The molecular formula is C13H12F3NO3S. The molecule has 2 amide bonds. The number of hydrogen-bond donors (Lipinski definition) is 1. The van der Waals surface area contributed by atoms with E-state index >= 15 is 0 Å². The maximum Gasteiger partial charge on any atom is 0.416 e. The maximum absolute atomic E-state index is 12.7. The van der Waals surface area contributed by atoms with Crippen LogP contribution in [0.25, 0.3) is 0 Å². The molecule has 0 bridgehead atoms. The van der Waals surface area contributed by atoms with Gasteiger partial charge in [0.1, 0.15) is 0 Å². The minimum atomic E-state index is -4.53. The van der Waals surface area contributed by atoms with Gasteiger partial charge in [0, 0.05) is 12.2 Å². The van der Waals surface area contributed by atoms with E-state index < -0.39 is 28.8 Å². The molecule has 0 aromatic heterocycles. The molecule has 0 radical (unpaired) electrons. The molecule has 0 saturated carbocycles. The fourth-order valence-electron chi connectivity index (χ4n) is 2.02. The average Bonchev–Trinajstić information content (AvgIpc) is 2.70. The number of imide groups is 1. The summed E-state index contributed by atoms with van der Waals surface area (Å²) in [5, 5.41) is 8.08. The number of hydrogen-bond acceptors (Lipinski definition) is 4. The molecule has 1 atom stereocenters. The molecule has 4 nitrogen and oxygen atoms in total. The molecular weight excluding hydrogens is 307 g/mol.